The molecule has 0 bridgehead atoms. The molecule has 2 N–H and O–H groups in total. The fraction of sp³-hybridized carbons (Fsp3) is 0.364. The SMILES string of the molecule is CCCN(C(=O)c1ccc(NC(=O)c2ccccc2)cc1)C1CCNCC1. The van der Waals surface area contributed by atoms with E-state index in [-0.39, 0.29) is 11.8 Å². The molecule has 0 atom stereocenters. The third-order valence-corrected chi connectivity index (χ3v) is 4.90. The average molecular weight is 365 g/mol. The topological polar surface area (TPSA) is 61.4 Å². The Labute approximate surface area is 160 Å². The summed E-state index contributed by atoms with van der Waals surface area (Å²) in [6, 6.07) is 16.6. The predicted octanol–water partition coefficient (Wildman–Crippen LogP) is 3.54. The number of amides is 2. The number of piperidine rings is 1. The van der Waals surface area contributed by atoms with Crippen molar-refractivity contribution in [1.29, 1.82) is 0 Å². The van der Waals surface area contributed by atoms with Gasteiger partial charge in [0.25, 0.3) is 11.8 Å². The average Bonchev–Trinajstić information content (AvgIpc) is 2.73. The van der Waals surface area contributed by atoms with Gasteiger partial charge in [-0.25, -0.2) is 0 Å². The van der Waals surface area contributed by atoms with Gasteiger partial charge in [0.1, 0.15) is 0 Å². The standard InChI is InChI=1S/C22H27N3O2/c1-2-16-25(20-12-14-23-15-13-20)22(27)18-8-10-19(11-9-18)24-21(26)17-6-4-3-5-7-17/h3-11,20,23H,2,12-16H2,1H3,(H,24,26). The van der Waals surface area contributed by atoms with Crippen LogP contribution in [0.3, 0.4) is 0 Å². The van der Waals surface area contributed by atoms with Crippen molar-refractivity contribution in [2.45, 2.75) is 32.2 Å². The van der Waals surface area contributed by atoms with Gasteiger partial charge in [0.15, 0.2) is 0 Å². The Morgan fingerprint density at radius 2 is 1.67 bits per heavy atom. The third kappa shape index (κ3) is 4.95. The smallest absolute Gasteiger partial charge is 0.255 e. The zero-order valence-corrected chi connectivity index (χ0v) is 15.8. The van der Waals surface area contributed by atoms with E-state index in [0.29, 0.717) is 22.9 Å². The summed E-state index contributed by atoms with van der Waals surface area (Å²) in [6.45, 7) is 4.80. The van der Waals surface area contributed by atoms with Gasteiger partial charge in [-0.3, -0.25) is 9.59 Å². The van der Waals surface area contributed by atoms with Gasteiger partial charge in [-0.05, 0) is 68.8 Å². The normalized spacial score (nSPS) is 14.6. The lowest BCUT2D eigenvalue weighted by atomic mass is 10.0. The van der Waals surface area contributed by atoms with E-state index >= 15 is 0 Å². The number of rotatable bonds is 6. The molecule has 142 valence electrons. The lowest BCUT2D eigenvalue weighted by Gasteiger charge is -2.34. The number of hydrogen-bond acceptors (Lipinski definition) is 3. The Bertz CT molecular complexity index is 753. The summed E-state index contributed by atoms with van der Waals surface area (Å²) >= 11 is 0. The first kappa shape index (κ1) is 19.1. The first-order valence-corrected chi connectivity index (χ1v) is 9.67. The van der Waals surface area contributed by atoms with Gasteiger partial charge in [-0.15, -0.1) is 0 Å². The van der Waals surface area contributed by atoms with Gasteiger partial charge < -0.3 is 15.5 Å². The van der Waals surface area contributed by atoms with E-state index in [1.807, 2.05) is 23.1 Å². The van der Waals surface area contributed by atoms with Crippen LogP contribution < -0.4 is 10.6 Å². The summed E-state index contributed by atoms with van der Waals surface area (Å²) in [4.78, 5) is 27.3. The van der Waals surface area contributed by atoms with E-state index in [9.17, 15) is 9.59 Å². The Hall–Kier alpha value is -2.66. The fourth-order valence-electron chi connectivity index (χ4n) is 3.46. The van der Waals surface area contributed by atoms with Crippen molar-refractivity contribution >= 4 is 17.5 Å². The highest BCUT2D eigenvalue weighted by Crippen LogP contribution is 2.18. The van der Waals surface area contributed by atoms with E-state index in [1.165, 1.54) is 0 Å². The third-order valence-electron chi connectivity index (χ3n) is 4.90. The minimum atomic E-state index is -0.156. The van der Waals surface area contributed by atoms with Crippen molar-refractivity contribution in [1.82, 2.24) is 10.2 Å². The number of benzene rings is 2. The number of carbonyl (C=O) groups excluding carboxylic acids is 2. The second kappa shape index (κ2) is 9.33. The van der Waals surface area contributed by atoms with Crippen molar-refractivity contribution in [2.24, 2.45) is 0 Å². The Balaban J connectivity index is 1.67. The van der Waals surface area contributed by atoms with Crippen LogP contribution in [0.5, 0.6) is 0 Å². The van der Waals surface area contributed by atoms with Gasteiger partial charge in [0.2, 0.25) is 0 Å². The van der Waals surface area contributed by atoms with Crippen LogP contribution in [-0.4, -0.2) is 42.4 Å². The van der Waals surface area contributed by atoms with Gasteiger partial charge >= 0.3 is 0 Å². The van der Waals surface area contributed by atoms with E-state index in [4.69, 9.17) is 0 Å². The molecule has 0 saturated carbocycles. The minimum absolute atomic E-state index is 0.0738. The van der Waals surface area contributed by atoms with Crippen LogP contribution in [0.4, 0.5) is 5.69 Å². The minimum Gasteiger partial charge on any atom is -0.336 e. The quantitative estimate of drug-likeness (QED) is 0.823. The Morgan fingerprint density at radius 1 is 1.00 bits per heavy atom. The van der Waals surface area contributed by atoms with Crippen LogP contribution in [0.15, 0.2) is 54.6 Å². The molecule has 1 fully saturated rings. The summed E-state index contributed by atoms with van der Waals surface area (Å²) in [5, 5.41) is 6.22. The lowest BCUT2D eigenvalue weighted by molar-refractivity contribution is 0.0642. The van der Waals surface area contributed by atoms with Crippen molar-refractivity contribution < 1.29 is 9.59 Å². The predicted molar refractivity (Wildman–Crippen MR) is 108 cm³/mol. The second-order valence-electron chi connectivity index (χ2n) is 6.88. The van der Waals surface area contributed by atoms with Crippen LogP contribution in [0.2, 0.25) is 0 Å². The highest BCUT2D eigenvalue weighted by atomic mass is 16.2. The van der Waals surface area contributed by atoms with Gasteiger partial charge in [0, 0.05) is 29.4 Å². The molecule has 1 saturated heterocycles. The molecule has 1 aliphatic rings. The van der Waals surface area contributed by atoms with Crippen LogP contribution in [-0.2, 0) is 0 Å². The molecule has 0 unspecified atom stereocenters. The van der Waals surface area contributed by atoms with Gasteiger partial charge in [0.05, 0.1) is 0 Å². The maximum atomic E-state index is 13.0. The molecule has 27 heavy (non-hydrogen) atoms. The first-order valence-electron chi connectivity index (χ1n) is 9.67. The number of nitrogens with one attached hydrogen (secondary N) is 2. The molecule has 5 nitrogen and oxygen atoms in total. The zero-order chi connectivity index (χ0) is 19.1. The summed E-state index contributed by atoms with van der Waals surface area (Å²) in [6.07, 6.45) is 2.94. The van der Waals surface area contributed by atoms with Gasteiger partial charge in [-0.2, -0.15) is 0 Å². The number of carbonyl (C=O) groups is 2. The van der Waals surface area contributed by atoms with E-state index < -0.39 is 0 Å². The van der Waals surface area contributed by atoms with Crippen molar-refractivity contribution in [3.8, 4) is 0 Å². The van der Waals surface area contributed by atoms with Crippen molar-refractivity contribution in [2.75, 3.05) is 25.0 Å². The summed E-state index contributed by atoms with van der Waals surface area (Å²) in [7, 11) is 0. The highest BCUT2D eigenvalue weighted by Gasteiger charge is 2.25. The molecule has 2 amide bonds. The summed E-state index contributed by atoms with van der Waals surface area (Å²) in [5.41, 5.74) is 1.96. The number of hydrogen-bond donors (Lipinski definition) is 2. The molecule has 3 rings (SSSR count). The highest BCUT2D eigenvalue weighted by molar-refractivity contribution is 6.04. The molecule has 0 radical (unpaired) electrons. The molecule has 2 aromatic rings. The van der Waals surface area contributed by atoms with Crippen molar-refractivity contribution in [3.63, 3.8) is 0 Å². The molecule has 0 aromatic heterocycles. The molecule has 1 aliphatic heterocycles. The van der Waals surface area contributed by atoms with E-state index in [1.54, 1.807) is 36.4 Å². The fourth-order valence-corrected chi connectivity index (χ4v) is 3.46. The molecular weight excluding hydrogens is 338 g/mol. The maximum absolute atomic E-state index is 13.0. The first-order chi connectivity index (χ1) is 13.2. The Kier molecular flexibility index (Phi) is 6.60. The zero-order valence-electron chi connectivity index (χ0n) is 15.8. The van der Waals surface area contributed by atoms with E-state index in [2.05, 4.69) is 17.6 Å². The maximum Gasteiger partial charge on any atom is 0.255 e. The molecule has 5 heteroatoms. The molecular formula is C22H27N3O2. The lowest BCUT2D eigenvalue weighted by Crippen LogP contribution is -2.46. The molecule has 0 spiro atoms. The molecule has 2 aromatic carbocycles. The monoisotopic (exact) mass is 365 g/mol. The number of anilines is 1. The summed E-state index contributed by atoms with van der Waals surface area (Å²) < 4.78 is 0. The van der Waals surface area contributed by atoms with E-state index in [0.717, 1.165) is 38.9 Å². The molecule has 0 aliphatic carbocycles. The number of nitrogens with zero attached hydrogens (tertiary/aromatic N) is 1. The van der Waals surface area contributed by atoms with Crippen LogP contribution in [0.1, 0.15) is 46.9 Å². The van der Waals surface area contributed by atoms with Crippen LogP contribution in [0.25, 0.3) is 0 Å². The van der Waals surface area contributed by atoms with Crippen LogP contribution >= 0.6 is 0 Å². The largest absolute Gasteiger partial charge is 0.336 e. The molecule has 1 heterocycles. The van der Waals surface area contributed by atoms with Crippen LogP contribution in [0, 0.1) is 0 Å². The van der Waals surface area contributed by atoms with Crippen molar-refractivity contribution in [3.05, 3.63) is 65.7 Å². The second-order valence-corrected chi connectivity index (χ2v) is 6.88. The summed E-state index contributed by atoms with van der Waals surface area (Å²) in [5.74, 6) is -0.0818. The Morgan fingerprint density at radius 3 is 2.30 bits per heavy atom. The van der Waals surface area contributed by atoms with Gasteiger partial charge in [-0.1, -0.05) is 25.1 Å².